The van der Waals surface area contributed by atoms with Crippen LogP contribution in [0.5, 0.6) is 0 Å². The summed E-state index contributed by atoms with van der Waals surface area (Å²) < 4.78 is 48.9. The largest absolute Gasteiger partial charge is 0.451 e. The molecule has 0 atom stereocenters. The maximum atomic E-state index is 12.8. The Balaban J connectivity index is 2.63. The molecule has 0 unspecified atom stereocenters. The quantitative estimate of drug-likeness (QED) is 0.554. The highest BCUT2D eigenvalue weighted by Gasteiger charge is 2.38. The zero-order valence-electron chi connectivity index (χ0n) is 9.80. The van der Waals surface area contributed by atoms with Crippen LogP contribution >= 0.6 is 34.8 Å². The lowest BCUT2D eigenvalue weighted by Crippen LogP contribution is -2.18. The molecule has 0 saturated heterocycles. The van der Waals surface area contributed by atoms with Crippen molar-refractivity contribution in [1.82, 2.24) is 15.0 Å². The monoisotopic (exact) mass is 359 g/mol. The fourth-order valence-corrected chi connectivity index (χ4v) is 1.61. The number of halogens is 7. The molecule has 0 aliphatic heterocycles. The molecule has 0 saturated carbocycles. The fourth-order valence-electron chi connectivity index (χ4n) is 1.36. The maximum absolute atomic E-state index is 12.8. The molecule has 2 rings (SSSR count). The van der Waals surface area contributed by atoms with Crippen molar-refractivity contribution in [1.29, 1.82) is 0 Å². The van der Waals surface area contributed by atoms with E-state index in [0.29, 0.717) is 0 Å². The lowest BCUT2D eigenvalue weighted by atomic mass is 10.2. The Morgan fingerprint density at radius 3 is 1.81 bits per heavy atom. The summed E-state index contributed by atoms with van der Waals surface area (Å²) in [6.45, 7) is 0. The summed E-state index contributed by atoms with van der Waals surface area (Å²) in [5.41, 5.74) is 0.125. The third kappa shape index (κ3) is 3.93. The highest BCUT2D eigenvalue weighted by Crippen LogP contribution is 2.38. The molecule has 112 valence electrons. The normalized spacial score (nSPS) is 12.5. The van der Waals surface area contributed by atoms with Crippen LogP contribution in [0.25, 0.3) is 11.4 Å². The molecule has 3 nitrogen and oxygen atoms in total. The predicted octanol–water partition coefficient (Wildman–Crippen LogP) is 4.52. The second kappa shape index (κ2) is 5.55. The molecule has 0 radical (unpaired) electrons. The topological polar surface area (TPSA) is 38.7 Å². The van der Waals surface area contributed by atoms with Crippen LogP contribution in [-0.2, 0) is 9.97 Å². The van der Waals surface area contributed by atoms with Crippen LogP contribution in [0.15, 0.2) is 24.3 Å². The van der Waals surface area contributed by atoms with Crippen LogP contribution in [0.2, 0.25) is 0 Å². The predicted molar refractivity (Wildman–Crippen MR) is 69.5 cm³/mol. The van der Waals surface area contributed by atoms with Crippen molar-refractivity contribution in [2.75, 3.05) is 0 Å². The Morgan fingerprint density at radius 1 is 0.810 bits per heavy atom. The standard InChI is InChI=1S/C11H4Cl3F4N3/c12-10(13,14)8-19-7(5-1-3-6(15)4-2-5)20-9(21-8)11(16,17)18/h1-4H. The minimum Gasteiger partial charge on any atom is -0.208 e. The molecule has 0 spiro atoms. The number of hydrogen-bond donors (Lipinski definition) is 0. The molecule has 1 aromatic carbocycles. The summed E-state index contributed by atoms with van der Waals surface area (Å²) in [6, 6.07) is 4.49. The lowest BCUT2D eigenvalue weighted by molar-refractivity contribution is -0.145. The molecule has 0 fully saturated rings. The van der Waals surface area contributed by atoms with E-state index < -0.39 is 27.4 Å². The lowest BCUT2D eigenvalue weighted by Gasteiger charge is -2.13. The molecular formula is C11H4Cl3F4N3. The van der Waals surface area contributed by atoms with Crippen molar-refractivity contribution in [3.8, 4) is 11.4 Å². The van der Waals surface area contributed by atoms with Crippen molar-refractivity contribution in [3.05, 3.63) is 41.7 Å². The van der Waals surface area contributed by atoms with E-state index in [1.807, 2.05) is 0 Å². The van der Waals surface area contributed by atoms with Gasteiger partial charge in [0.05, 0.1) is 0 Å². The van der Waals surface area contributed by atoms with Crippen molar-refractivity contribution in [2.24, 2.45) is 0 Å². The zero-order chi connectivity index (χ0) is 15.8. The highest BCUT2D eigenvalue weighted by atomic mass is 35.6. The Bertz CT molecular complexity index is 621. The van der Waals surface area contributed by atoms with Gasteiger partial charge in [0.1, 0.15) is 5.82 Å². The minimum absolute atomic E-state index is 0.125. The molecule has 0 aliphatic carbocycles. The first-order valence-corrected chi connectivity index (χ1v) is 6.37. The van der Waals surface area contributed by atoms with E-state index in [1.54, 1.807) is 0 Å². The van der Waals surface area contributed by atoms with Crippen LogP contribution in [0.1, 0.15) is 11.6 Å². The summed E-state index contributed by atoms with van der Waals surface area (Å²) in [5, 5.41) is 0. The SMILES string of the molecule is Fc1ccc(-c2nc(C(F)(F)F)nc(C(Cl)(Cl)Cl)n2)cc1. The van der Waals surface area contributed by atoms with Crippen molar-refractivity contribution >= 4 is 34.8 Å². The van der Waals surface area contributed by atoms with E-state index in [0.717, 1.165) is 12.1 Å². The van der Waals surface area contributed by atoms with E-state index in [-0.39, 0.29) is 11.4 Å². The van der Waals surface area contributed by atoms with Gasteiger partial charge in [-0.25, -0.2) is 19.3 Å². The van der Waals surface area contributed by atoms with Gasteiger partial charge in [0.2, 0.25) is 9.62 Å². The van der Waals surface area contributed by atoms with E-state index in [2.05, 4.69) is 15.0 Å². The van der Waals surface area contributed by atoms with Gasteiger partial charge in [-0.15, -0.1) is 0 Å². The van der Waals surface area contributed by atoms with Gasteiger partial charge < -0.3 is 0 Å². The summed E-state index contributed by atoms with van der Waals surface area (Å²) >= 11 is 16.5. The van der Waals surface area contributed by atoms with Gasteiger partial charge in [0.15, 0.2) is 11.6 Å². The average molecular weight is 361 g/mol. The van der Waals surface area contributed by atoms with Crippen LogP contribution in [-0.4, -0.2) is 15.0 Å². The number of rotatable bonds is 1. The van der Waals surface area contributed by atoms with E-state index in [4.69, 9.17) is 34.8 Å². The van der Waals surface area contributed by atoms with E-state index in [9.17, 15) is 17.6 Å². The molecule has 0 bridgehead atoms. The number of aromatic nitrogens is 3. The Labute approximate surface area is 130 Å². The number of hydrogen-bond acceptors (Lipinski definition) is 3. The second-order valence-corrected chi connectivity index (χ2v) is 6.09. The first kappa shape index (κ1) is 16.2. The smallest absolute Gasteiger partial charge is 0.208 e. The first-order valence-electron chi connectivity index (χ1n) is 5.24. The van der Waals surface area contributed by atoms with Gasteiger partial charge in [0.25, 0.3) is 0 Å². The van der Waals surface area contributed by atoms with Crippen molar-refractivity contribution in [3.63, 3.8) is 0 Å². The molecule has 2 aromatic rings. The Morgan fingerprint density at radius 2 is 1.33 bits per heavy atom. The van der Waals surface area contributed by atoms with Gasteiger partial charge in [-0.3, -0.25) is 0 Å². The van der Waals surface area contributed by atoms with Crippen LogP contribution in [0, 0.1) is 5.82 Å². The molecule has 1 heterocycles. The third-order valence-electron chi connectivity index (χ3n) is 2.24. The molecule has 0 N–H and O–H groups in total. The summed E-state index contributed by atoms with van der Waals surface area (Å²) in [7, 11) is 0. The third-order valence-corrected chi connectivity index (χ3v) is 2.75. The fraction of sp³-hybridized carbons (Fsp3) is 0.182. The number of benzene rings is 1. The molecule has 0 aliphatic rings. The van der Waals surface area contributed by atoms with Gasteiger partial charge in [-0.2, -0.15) is 13.2 Å². The average Bonchev–Trinajstić information content (AvgIpc) is 2.37. The summed E-state index contributed by atoms with van der Waals surface area (Å²) in [5.74, 6) is -3.11. The van der Waals surface area contributed by atoms with Gasteiger partial charge in [-0.1, -0.05) is 34.8 Å². The van der Waals surface area contributed by atoms with E-state index in [1.165, 1.54) is 12.1 Å². The van der Waals surface area contributed by atoms with Gasteiger partial charge in [-0.05, 0) is 24.3 Å². The Kier molecular flexibility index (Phi) is 4.28. The number of alkyl halides is 6. The number of nitrogens with zero attached hydrogens (tertiary/aromatic N) is 3. The first-order chi connectivity index (χ1) is 9.57. The van der Waals surface area contributed by atoms with Crippen LogP contribution < -0.4 is 0 Å². The van der Waals surface area contributed by atoms with Gasteiger partial charge in [0, 0.05) is 5.56 Å². The van der Waals surface area contributed by atoms with Crippen molar-refractivity contribution < 1.29 is 17.6 Å². The van der Waals surface area contributed by atoms with Crippen molar-refractivity contribution in [2.45, 2.75) is 9.97 Å². The molecule has 1 aromatic heterocycles. The molecule has 10 heteroatoms. The molecular weight excluding hydrogens is 356 g/mol. The second-order valence-electron chi connectivity index (χ2n) is 3.81. The zero-order valence-corrected chi connectivity index (χ0v) is 12.1. The summed E-state index contributed by atoms with van der Waals surface area (Å²) in [6.07, 6.45) is -4.84. The highest BCUT2D eigenvalue weighted by molar-refractivity contribution is 6.66. The molecule has 0 amide bonds. The minimum atomic E-state index is -4.84. The molecule has 21 heavy (non-hydrogen) atoms. The van der Waals surface area contributed by atoms with Crippen LogP contribution in [0.3, 0.4) is 0 Å². The van der Waals surface area contributed by atoms with E-state index >= 15 is 0 Å². The van der Waals surface area contributed by atoms with Crippen LogP contribution in [0.4, 0.5) is 17.6 Å². The Hall–Kier alpha value is -1.18. The van der Waals surface area contributed by atoms with Gasteiger partial charge >= 0.3 is 6.18 Å². The summed E-state index contributed by atoms with van der Waals surface area (Å²) in [4.78, 5) is 10.1. The maximum Gasteiger partial charge on any atom is 0.451 e.